The van der Waals surface area contributed by atoms with Crippen molar-refractivity contribution in [1.82, 2.24) is 10.1 Å². The molecule has 0 aliphatic carbocycles. The third-order valence-electron chi connectivity index (χ3n) is 5.24. The number of amides is 2. The number of carbonyl (C=O) groups excluding carboxylic acids is 2. The van der Waals surface area contributed by atoms with Gasteiger partial charge in [-0.3, -0.25) is 14.5 Å². The van der Waals surface area contributed by atoms with Crippen molar-refractivity contribution in [3.63, 3.8) is 0 Å². The number of aromatic nitrogens is 1. The summed E-state index contributed by atoms with van der Waals surface area (Å²) in [7, 11) is 0. The topological polar surface area (TPSA) is 66.7 Å². The summed E-state index contributed by atoms with van der Waals surface area (Å²) in [5.74, 6) is -4.26. The standard InChI is InChI=1S/C19H18F3N3O3/c1-10-5-15-12(19(28-23-15)24-4-2-3-16(24)26)9-25(10)17(27)8-11-6-13(20)18(22)14(21)7-11/h6-7,10H,2-5,8-9H2,1H3/t10-/m0/s1. The maximum atomic E-state index is 13.4. The lowest BCUT2D eigenvalue weighted by atomic mass is 9.99. The molecule has 1 fully saturated rings. The Balaban J connectivity index is 1.56. The number of hydrogen-bond acceptors (Lipinski definition) is 4. The molecule has 0 bridgehead atoms. The Morgan fingerprint density at radius 1 is 1.29 bits per heavy atom. The van der Waals surface area contributed by atoms with E-state index >= 15 is 0 Å². The molecule has 0 radical (unpaired) electrons. The Morgan fingerprint density at radius 2 is 2.00 bits per heavy atom. The molecule has 6 nitrogen and oxygen atoms in total. The normalized spacial score (nSPS) is 19.3. The predicted molar refractivity (Wildman–Crippen MR) is 91.8 cm³/mol. The molecule has 2 aliphatic rings. The second-order valence-electron chi connectivity index (χ2n) is 7.19. The molecule has 3 heterocycles. The van der Waals surface area contributed by atoms with E-state index in [1.165, 1.54) is 4.90 Å². The summed E-state index contributed by atoms with van der Waals surface area (Å²) in [4.78, 5) is 27.9. The van der Waals surface area contributed by atoms with Gasteiger partial charge in [-0.2, -0.15) is 0 Å². The SMILES string of the molecule is C[C@H]1Cc2noc(N3CCCC3=O)c2CN1C(=O)Cc1cc(F)c(F)c(F)c1. The summed E-state index contributed by atoms with van der Waals surface area (Å²) >= 11 is 0. The summed E-state index contributed by atoms with van der Waals surface area (Å²) in [6.45, 7) is 2.56. The van der Waals surface area contributed by atoms with Gasteiger partial charge in [0.05, 0.1) is 24.2 Å². The highest BCUT2D eigenvalue weighted by molar-refractivity contribution is 5.94. The zero-order chi connectivity index (χ0) is 20.0. The van der Waals surface area contributed by atoms with Crippen LogP contribution in [0.5, 0.6) is 0 Å². The highest BCUT2D eigenvalue weighted by atomic mass is 19.2. The van der Waals surface area contributed by atoms with Gasteiger partial charge in [0.2, 0.25) is 17.7 Å². The van der Waals surface area contributed by atoms with Crippen molar-refractivity contribution in [2.45, 2.75) is 45.2 Å². The molecular weight excluding hydrogens is 375 g/mol. The summed E-state index contributed by atoms with van der Waals surface area (Å²) in [6, 6.07) is 1.44. The van der Waals surface area contributed by atoms with Gasteiger partial charge in [-0.1, -0.05) is 5.16 Å². The van der Waals surface area contributed by atoms with E-state index in [0.29, 0.717) is 36.5 Å². The van der Waals surface area contributed by atoms with Gasteiger partial charge in [-0.25, -0.2) is 13.2 Å². The number of hydrogen-bond donors (Lipinski definition) is 0. The maximum absolute atomic E-state index is 13.4. The van der Waals surface area contributed by atoms with E-state index in [4.69, 9.17) is 4.52 Å². The zero-order valence-electron chi connectivity index (χ0n) is 15.2. The van der Waals surface area contributed by atoms with Crippen molar-refractivity contribution in [2.75, 3.05) is 11.4 Å². The van der Waals surface area contributed by atoms with Crippen LogP contribution in [-0.4, -0.2) is 34.5 Å². The lowest BCUT2D eigenvalue weighted by Crippen LogP contribution is -2.43. The van der Waals surface area contributed by atoms with E-state index in [1.807, 2.05) is 6.92 Å². The molecule has 0 saturated carbocycles. The molecule has 9 heteroatoms. The Morgan fingerprint density at radius 3 is 2.64 bits per heavy atom. The van der Waals surface area contributed by atoms with Crippen LogP contribution >= 0.6 is 0 Å². The van der Waals surface area contributed by atoms with E-state index in [9.17, 15) is 22.8 Å². The fourth-order valence-electron chi connectivity index (χ4n) is 3.76. The summed E-state index contributed by atoms with van der Waals surface area (Å²) < 4.78 is 45.4. The molecule has 1 atom stereocenters. The average molecular weight is 393 g/mol. The zero-order valence-corrected chi connectivity index (χ0v) is 15.2. The Labute approximate surface area is 158 Å². The molecule has 1 aromatic heterocycles. The van der Waals surface area contributed by atoms with Gasteiger partial charge in [-0.05, 0) is 31.0 Å². The van der Waals surface area contributed by atoms with Crippen LogP contribution < -0.4 is 4.90 Å². The number of rotatable bonds is 3. The van der Waals surface area contributed by atoms with E-state index < -0.39 is 17.5 Å². The maximum Gasteiger partial charge on any atom is 0.239 e. The fourth-order valence-corrected chi connectivity index (χ4v) is 3.76. The smallest absolute Gasteiger partial charge is 0.239 e. The van der Waals surface area contributed by atoms with Gasteiger partial charge in [0.1, 0.15) is 0 Å². The van der Waals surface area contributed by atoms with Crippen LogP contribution in [0.15, 0.2) is 16.7 Å². The van der Waals surface area contributed by atoms with Crippen molar-refractivity contribution in [2.24, 2.45) is 0 Å². The van der Waals surface area contributed by atoms with Crippen molar-refractivity contribution in [3.8, 4) is 0 Å². The second kappa shape index (κ2) is 6.96. The minimum absolute atomic E-state index is 0.0484. The third kappa shape index (κ3) is 3.14. The van der Waals surface area contributed by atoms with Crippen molar-refractivity contribution >= 4 is 17.7 Å². The van der Waals surface area contributed by atoms with Crippen LogP contribution in [0.1, 0.15) is 36.6 Å². The summed E-state index contributed by atoms with van der Waals surface area (Å²) in [6.07, 6.45) is 1.35. The number of fused-ring (bicyclic) bond motifs is 1. The van der Waals surface area contributed by atoms with E-state index in [0.717, 1.165) is 18.6 Å². The highest BCUT2D eigenvalue weighted by Crippen LogP contribution is 2.33. The van der Waals surface area contributed by atoms with E-state index in [1.54, 1.807) is 4.90 Å². The van der Waals surface area contributed by atoms with Crippen LogP contribution in [0.4, 0.5) is 19.1 Å². The van der Waals surface area contributed by atoms with Gasteiger partial charge in [0.25, 0.3) is 0 Å². The molecule has 2 aliphatic heterocycles. The molecule has 148 valence electrons. The summed E-state index contributed by atoms with van der Waals surface area (Å²) in [5.41, 5.74) is 1.43. The number of carbonyl (C=O) groups is 2. The van der Waals surface area contributed by atoms with Crippen LogP contribution in [0.2, 0.25) is 0 Å². The van der Waals surface area contributed by atoms with Gasteiger partial charge in [-0.15, -0.1) is 0 Å². The quantitative estimate of drug-likeness (QED) is 0.753. The van der Waals surface area contributed by atoms with Gasteiger partial charge in [0.15, 0.2) is 17.5 Å². The Bertz CT molecular complexity index is 936. The summed E-state index contributed by atoms with van der Waals surface area (Å²) in [5, 5.41) is 4.05. The first-order chi connectivity index (χ1) is 13.3. The molecule has 1 aromatic carbocycles. The monoisotopic (exact) mass is 393 g/mol. The first-order valence-electron chi connectivity index (χ1n) is 9.06. The van der Waals surface area contributed by atoms with Crippen LogP contribution in [-0.2, 0) is 29.0 Å². The Kier molecular flexibility index (Phi) is 4.60. The molecule has 2 amide bonds. The van der Waals surface area contributed by atoms with E-state index in [-0.39, 0.29) is 36.4 Å². The molecule has 0 N–H and O–H groups in total. The highest BCUT2D eigenvalue weighted by Gasteiger charge is 2.36. The Hall–Kier alpha value is -2.84. The molecular formula is C19H18F3N3O3. The minimum atomic E-state index is -1.56. The molecule has 28 heavy (non-hydrogen) atoms. The number of benzene rings is 1. The molecule has 0 spiro atoms. The van der Waals surface area contributed by atoms with E-state index in [2.05, 4.69) is 5.16 Å². The number of halogens is 3. The molecule has 4 rings (SSSR count). The lowest BCUT2D eigenvalue weighted by molar-refractivity contribution is -0.133. The second-order valence-corrected chi connectivity index (χ2v) is 7.19. The fraction of sp³-hybridized carbons (Fsp3) is 0.421. The largest absolute Gasteiger partial charge is 0.338 e. The molecule has 1 saturated heterocycles. The van der Waals surface area contributed by atoms with Crippen LogP contribution in [0.25, 0.3) is 0 Å². The van der Waals surface area contributed by atoms with Crippen LogP contribution in [0, 0.1) is 17.5 Å². The number of anilines is 1. The van der Waals surface area contributed by atoms with Gasteiger partial charge < -0.3 is 9.42 Å². The lowest BCUT2D eigenvalue weighted by Gasteiger charge is -2.33. The molecule has 0 unspecified atom stereocenters. The third-order valence-corrected chi connectivity index (χ3v) is 5.24. The number of nitrogens with zero attached hydrogens (tertiary/aromatic N) is 3. The van der Waals surface area contributed by atoms with Crippen molar-refractivity contribution < 1.29 is 27.3 Å². The van der Waals surface area contributed by atoms with Crippen molar-refractivity contribution in [1.29, 1.82) is 0 Å². The average Bonchev–Trinajstić information content (AvgIpc) is 3.24. The first kappa shape index (κ1) is 18.5. The van der Waals surface area contributed by atoms with Gasteiger partial charge >= 0.3 is 0 Å². The van der Waals surface area contributed by atoms with Crippen molar-refractivity contribution in [3.05, 3.63) is 46.4 Å². The van der Waals surface area contributed by atoms with Gasteiger partial charge in [0, 0.05) is 25.4 Å². The first-order valence-corrected chi connectivity index (χ1v) is 9.06. The van der Waals surface area contributed by atoms with Crippen LogP contribution in [0.3, 0.4) is 0 Å². The predicted octanol–water partition coefficient (Wildman–Crippen LogP) is 2.73. The molecule has 2 aromatic rings. The minimum Gasteiger partial charge on any atom is -0.338 e.